The Morgan fingerprint density at radius 1 is 1.24 bits per heavy atom. The molecular formula is C22H26ClNO5. The van der Waals surface area contributed by atoms with E-state index in [9.17, 15) is 9.59 Å². The molecule has 1 aromatic heterocycles. The molecular weight excluding hydrogens is 394 g/mol. The second-order valence-electron chi connectivity index (χ2n) is 8.26. The van der Waals surface area contributed by atoms with Crippen LogP contribution >= 0.6 is 11.6 Å². The van der Waals surface area contributed by atoms with Crippen molar-refractivity contribution >= 4 is 28.5 Å². The first kappa shape index (κ1) is 20.2. The number of piperidine rings is 1. The van der Waals surface area contributed by atoms with Gasteiger partial charge in [-0.1, -0.05) is 11.6 Å². The third-order valence-electron chi connectivity index (χ3n) is 6.18. The smallest absolute Gasteiger partial charge is 0.336 e. The Morgan fingerprint density at radius 2 is 2.00 bits per heavy atom. The molecule has 2 aromatic rings. The van der Waals surface area contributed by atoms with Crippen LogP contribution in [0.1, 0.15) is 38.2 Å². The molecule has 1 spiro atoms. The lowest BCUT2D eigenvalue weighted by molar-refractivity contribution is -0.143. The van der Waals surface area contributed by atoms with Crippen LogP contribution in [0.15, 0.2) is 27.4 Å². The Kier molecular flexibility index (Phi) is 5.58. The van der Waals surface area contributed by atoms with Gasteiger partial charge in [0.25, 0.3) is 5.91 Å². The highest BCUT2D eigenvalue weighted by Crippen LogP contribution is 2.39. The minimum absolute atomic E-state index is 0.0441. The lowest BCUT2D eigenvalue weighted by Crippen LogP contribution is -2.51. The highest BCUT2D eigenvalue weighted by Gasteiger charge is 2.39. The van der Waals surface area contributed by atoms with Crippen LogP contribution in [0.2, 0.25) is 5.02 Å². The van der Waals surface area contributed by atoms with Crippen molar-refractivity contribution < 1.29 is 18.7 Å². The molecule has 29 heavy (non-hydrogen) atoms. The maximum absolute atomic E-state index is 13.1. The Hall–Kier alpha value is -2.05. The molecule has 1 amide bonds. The molecule has 4 rings (SSSR count). The molecule has 2 aliphatic rings. The second-order valence-corrected chi connectivity index (χ2v) is 8.67. The number of rotatable bonds is 3. The number of fused-ring (bicyclic) bond motifs is 1. The molecule has 0 bridgehead atoms. The highest BCUT2D eigenvalue weighted by molar-refractivity contribution is 6.32. The van der Waals surface area contributed by atoms with Gasteiger partial charge in [0, 0.05) is 43.8 Å². The number of aryl methyl sites for hydroxylation is 1. The maximum Gasteiger partial charge on any atom is 0.336 e. The third kappa shape index (κ3) is 4.14. The van der Waals surface area contributed by atoms with Crippen LogP contribution in [0, 0.1) is 12.3 Å². The van der Waals surface area contributed by atoms with Crippen LogP contribution < -0.4 is 10.4 Å². The van der Waals surface area contributed by atoms with Gasteiger partial charge in [-0.15, -0.1) is 0 Å². The van der Waals surface area contributed by atoms with Gasteiger partial charge in [0.1, 0.15) is 11.3 Å². The summed E-state index contributed by atoms with van der Waals surface area (Å²) in [4.78, 5) is 26.7. The number of hydrogen-bond donors (Lipinski definition) is 0. The zero-order chi connectivity index (χ0) is 20.6. The van der Waals surface area contributed by atoms with Gasteiger partial charge in [0.2, 0.25) is 0 Å². The topological polar surface area (TPSA) is 69.0 Å². The minimum Gasteiger partial charge on any atom is -0.479 e. The summed E-state index contributed by atoms with van der Waals surface area (Å²) in [6.45, 7) is 6.60. The maximum atomic E-state index is 13.1. The number of amides is 1. The first-order valence-electron chi connectivity index (χ1n) is 10.1. The van der Waals surface area contributed by atoms with Gasteiger partial charge in [0.15, 0.2) is 6.10 Å². The summed E-state index contributed by atoms with van der Waals surface area (Å²) in [5, 5.41) is 1.13. The summed E-state index contributed by atoms with van der Waals surface area (Å²) in [6.07, 6.45) is 3.46. The molecule has 156 valence electrons. The Labute approximate surface area is 174 Å². The summed E-state index contributed by atoms with van der Waals surface area (Å²) in [6, 6.07) is 4.72. The van der Waals surface area contributed by atoms with E-state index in [2.05, 4.69) is 0 Å². The second kappa shape index (κ2) is 8.00. The Balaban J connectivity index is 1.51. The molecule has 2 saturated heterocycles. The number of benzene rings is 1. The number of halogens is 1. The van der Waals surface area contributed by atoms with Crippen molar-refractivity contribution in [3.63, 3.8) is 0 Å². The zero-order valence-electron chi connectivity index (χ0n) is 16.8. The average Bonchev–Trinajstić information content (AvgIpc) is 2.69. The van der Waals surface area contributed by atoms with E-state index in [1.165, 1.54) is 6.07 Å². The monoisotopic (exact) mass is 419 g/mol. The summed E-state index contributed by atoms with van der Waals surface area (Å²) in [5.74, 6) is 0.295. The van der Waals surface area contributed by atoms with Crippen LogP contribution in [0.4, 0.5) is 0 Å². The fourth-order valence-electron chi connectivity index (χ4n) is 4.52. The van der Waals surface area contributed by atoms with E-state index in [0.29, 0.717) is 16.4 Å². The van der Waals surface area contributed by atoms with Crippen molar-refractivity contribution in [2.24, 2.45) is 5.41 Å². The summed E-state index contributed by atoms with van der Waals surface area (Å²) in [7, 11) is 0. The molecule has 3 heterocycles. The van der Waals surface area contributed by atoms with Gasteiger partial charge in [-0.25, -0.2) is 4.79 Å². The first-order chi connectivity index (χ1) is 13.9. The van der Waals surface area contributed by atoms with E-state index in [1.54, 1.807) is 19.1 Å². The molecule has 0 saturated carbocycles. The quantitative estimate of drug-likeness (QED) is 0.705. The van der Waals surface area contributed by atoms with Crippen molar-refractivity contribution in [1.29, 1.82) is 0 Å². The molecule has 0 radical (unpaired) electrons. The largest absolute Gasteiger partial charge is 0.479 e. The fourth-order valence-corrected chi connectivity index (χ4v) is 4.72. The van der Waals surface area contributed by atoms with Crippen LogP contribution in [-0.4, -0.2) is 43.2 Å². The molecule has 1 atom stereocenters. The number of ether oxygens (including phenoxy) is 2. The Morgan fingerprint density at radius 3 is 2.76 bits per heavy atom. The third-order valence-corrected chi connectivity index (χ3v) is 6.48. The van der Waals surface area contributed by atoms with Crippen molar-refractivity contribution in [2.75, 3.05) is 26.3 Å². The van der Waals surface area contributed by atoms with E-state index >= 15 is 0 Å². The van der Waals surface area contributed by atoms with Crippen LogP contribution in [0.25, 0.3) is 11.0 Å². The van der Waals surface area contributed by atoms with Crippen molar-refractivity contribution in [1.82, 2.24) is 4.90 Å². The predicted octanol–water partition coefficient (Wildman–Crippen LogP) is 3.94. The SMILES string of the molecule is Cc1cc(=O)oc2cc(OC(C)C(=O)N3CCCC4(CCOCC4)C3)c(Cl)cc12. The van der Waals surface area contributed by atoms with E-state index in [1.807, 2.05) is 11.8 Å². The summed E-state index contributed by atoms with van der Waals surface area (Å²) < 4.78 is 16.7. The van der Waals surface area contributed by atoms with E-state index in [-0.39, 0.29) is 11.3 Å². The number of nitrogens with zero attached hydrogens (tertiary/aromatic N) is 1. The van der Waals surface area contributed by atoms with E-state index < -0.39 is 11.7 Å². The molecule has 7 heteroatoms. The molecule has 6 nitrogen and oxygen atoms in total. The molecule has 2 aliphatic heterocycles. The standard InChI is InChI=1S/C22H26ClNO5/c1-14-10-20(25)29-18-12-19(17(23)11-16(14)18)28-15(2)21(26)24-7-3-4-22(13-24)5-8-27-9-6-22/h10-12,15H,3-9,13H2,1-2H3. The van der Waals surface area contributed by atoms with Gasteiger partial charge in [-0.05, 0) is 56.6 Å². The van der Waals surface area contributed by atoms with Gasteiger partial charge in [-0.3, -0.25) is 4.79 Å². The zero-order valence-corrected chi connectivity index (χ0v) is 17.6. The van der Waals surface area contributed by atoms with E-state index in [0.717, 1.165) is 62.9 Å². The van der Waals surface area contributed by atoms with Crippen molar-refractivity contribution in [2.45, 2.75) is 45.6 Å². The molecule has 1 aromatic carbocycles. The van der Waals surface area contributed by atoms with Crippen LogP contribution in [0.3, 0.4) is 0 Å². The molecule has 0 aliphatic carbocycles. The predicted molar refractivity (Wildman–Crippen MR) is 111 cm³/mol. The van der Waals surface area contributed by atoms with Gasteiger partial charge < -0.3 is 18.8 Å². The number of carbonyl (C=O) groups is 1. The number of likely N-dealkylation sites (tertiary alicyclic amines) is 1. The average molecular weight is 420 g/mol. The lowest BCUT2D eigenvalue weighted by Gasteiger charge is -2.45. The van der Waals surface area contributed by atoms with Crippen LogP contribution in [-0.2, 0) is 9.53 Å². The minimum atomic E-state index is -0.684. The molecule has 2 fully saturated rings. The van der Waals surface area contributed by atoms with Gasteiger partial charge in [0.05, 0.1) is 5.02 Å². The number of carbonyl (C=O) groups excluding carboxylic acids is 1. The highest BCUT2D eigenvalue weighted by atomic mass is 35.5. The fraction of sp³-hybridized carbons (Fsp3) is 0.545. The summed E-state index contributed by atoms with van der Waals surface area (Å²) in [5.41, 5.74) is 0.924. The van der Waals surface area contributed by atoms with Crippen molar-refractivity contribution in [3.05, 3.63) is 39.2 Å². The molecule has 1 unspecified atom stereocenters. The number of hydrogen-bond acceptors (Lipinski definition) is 5. The molecule has 0 N–H and O–H groups in total. The van der Waals surface area contributed by atoms with Crippen LogP contribution in [0.5, 0.6) is 5.75 Å². The lowest BCUT2D eigenvalue weighted by atomic mass is 9.74. The Bertz CT molecular complexity index is 974. The van der Waals surface area contributed by atoms with Gasteiger partial charge in [-0.2, -0.15) is 0 Å². The first-order valence-corrected chi connectivity index (χ1v) is 10.5. The summed E-state index contributed by atoms with van der Waals surface area (Å²) >= 11 is 6.38. The van der Waals surface area contributed by atoms with Gasteiger partial charge >= 0.3 is 5.63 Å². The van der Waals surface area contributed by atoms with Crippen molar-refractivity contribution in [3.8, 4) is 5.75 Å². The normalized spacial score (nSPS) is 20.0. The van der Waals surface area contributed by atoms with E-state index in [4.69, 9.17) is 25.5 Å².